The van der Waals surface area contributed by atoms with Gasteiger partial charge in [0.05, 0.1) is 6.07 Å². The number of amides is 2. The minimum Gasteiger partial charge on any atom is -0.352 e. The maximum atomic E-state index is 12.3. The highest BCUT2D eigenvalue weighted by Gasteiger charge is 2.23. The van der Waals surface area contributed by atoms with Crippen molar-refractivity contribution in [3.63, 3.8) is 0 Å². The Hall–Kier alpha value is -2.06. The van der Waals surface area contributed by atoms with E-state index >= 15 is 0 Å². The Balaban J connectivity index is 1.73. The number of carbonyl (C=O) groups is 2. The van der Waals surface area contributed by atoms with Gasteiger partial charge in [-0.3, -0.25) is 9.59 Å². The van der Waals surface area contributed by atoms with Gasteiger partial charge in [0.15, 0.2) is 0 Å². The topological polar surface area (TPSA) is 73.2 Å². The van der Waals surface area contributed by atoms with Crippen LogP contribution in [0.1, 0.15) is 31.2 Å². The molecule has 1 aromatic carbocycles. The number of likely N-dealkylation sites (tertiary alicyclic amines) is 1. The van der Waals surface area contributed by atoms with Crippen LogP contribution in [0.5, 0.6) is 0 Å². The van der Waals surface area contributed by atoms with Crippen LogP contribution in [0.2, 0.25) is 5.02 Å². The van der Waals surface area contributed by atoms with Crippen molar-refractivity contribution in [1.82, 2.24) is 10.2 Å². The molecule has 0 saturated carbocycles. The van der Waals surface area contributed by atoms with Gasteiger partial charge in [-0.15, -0.1) is 0 Å². The van der Waals surface area contributed by atoms with E-state index in [1.54, 1.807) is 0 Å². The zero-order valence-electron chi connectivity index (χ0n) is 12.9. The number of benzene rings is 1. The van der Waals surface area contributed by atoms with Crippen LogP contribution in [0.15, 0.2) is 24.3 Å². The van der Waals surface area contributed by atoms with Gasteiger partial charge in [-0.1, -0.05) is 23.7 Å². The number of carbonyl (C=O) groups excluding carboxylic acids is 2. The number of piperidine rings is 1. The third-order valence-electron chi connectivity index (χ3n) is 3.97. The van der Waals surface area contributed by atoms with Crippen LogP contribution in [0.25, 0.3) is 0 Å². The quantitative estimate of drug-likeness (QED) is 0.898. The average molecular weight is 334 g/mol. The Morgan fingerprint density at radius 1 is 1.35 bits per heavy atom. The van der Waals surface area contributed by atoms with E-state index in [-0.39, 0.29) is 24.3 Å². The van der Waals surface area contributed by atoms with Crippen molar-refractivity contribution < 1.29 is 9.59 Å². The minimum absolute atomic E-state index is 0.0628. The van der Waals surface area contributed by atoms with Crippen LogP contribution in [-0.4, -0.2) is 35.8 Å². The van der Waals surface area contributed by atoms with Crippen molar-refractivity contribution in [3.05, 3.63) is 34.9 Å². The molecule has 1 N–H and O–H groups in total. The molecule has 2 rings (SSSR count). The SMILES string of the molecule is N#CCC(=O)NC1CCN(C(=O)CCc2cccc(Cl)c2)CC1. The summed E-state index contributed by atoms with van der Waals surface area (Å²) in [5.74, 6) is -0.106. The predicted molar refractivity (Wildman–Crippen MR) is 87.7 cm³/mol. The fourth-order valence-electron chi connectivity index (χ4n) is 2.73. The van der Waals surface area contributed by atoms with Crippen LogP contribution in [-0.2, 0) is 16.0 Å². The summed E-state index contributed by atoms with van der Waals surface area (Å²) in [4.78, 5) is 25.5. The van der Waals surface area contributed by atoms with Gasteiger partial charge in [-0.2, -0.15) is 5.26 Å². The van der Waals surface area contributed by atoms with E-state index < -0.39 is 0 Å². The lowest BCUT2D eigenvalue weighted by Crippen LogP contribution is -2.46. The third-order valence-corrected chi connectivity index (χ3v) is 4.20. The third kappa shape index (κ3) is 5.57. The molecule has 0 aliphatic carbocycles. The van der Waals surface area contributed by atoms with E-state index in [0.717, 1.165) is 18.4 Å². The first-order valence-electron chi connectivity index (χ1n) is 7.77. The predicted octanol–water partition coefficient (Wildman–Crippen LogP) is 2.29. The summed E-state index contributed by atoms with van der Waals surface area (Å²) in [5.41, 5.74) is 1.06. The molecular weight excluding hydrogens is 314 g/mol. The molecule has 0 atom stereocenters. The first kappa shape index (κ1) is 17.3. The number of hydrogen-bond donors (Lipinski definition) is 1. The normalized spacial score (nSPS) is 15.0. The van der Waals surface area contributed by atoms with E-state index in [9.17, 15) is 9.59 Å². The molecule has 0 radical (unpaired) electrons. The van der Waals surface area contributed by atoms with Crippen molar-refractivity contribution in [2.24, 2.45) is 0 Å². The standard InChI is InChI=1S/C17H20ClN3O2/c18-14-3-1-2-13(12-14)4-5-17(23)21-10-7-15(8-11-21)20-16(22)6-9-19/h1-3,12,15H,4-8,10-11H2,(H,20,22). The first-order valence-corrected chi connectivity index (χ1v) is 8.15. The number of nitrogens with zero attached hydrogens (tertiary/aromatic N) is 2. The van der Waals surface area contributed by atoms with Crippen LogP contribution < -0.4 is 5.32 Å². The number of aryl methyl sites for hydroxylation is 1. The summed E-state index contributed by atoms with van der Waals surface area (Å²) in [6.45, 7) is 1.29. The number of nitrogens with one attached hydrogen (secondary N) is 1. The lowest BCUT2D eigenvalue weighted by Gasteiger charge is -2.32. The van der Waals surface area contributed by atoms with Gasteiger partial charge in [-0.25, -0.2) is 0 Å². The Labute approximate surface area is 141 Å². The fourth-order valence-corrected chi connectivity index (χ4v) is 2.94. The van der Waals surface area contributed by atoms with E-state index in [0.29, 0.717) is 31.0 Å². The van der Waals surface area contributed by atoms with Crippen molar-refractivity contribution in [3.8, 4) is 6.07 Å². The molecule has 1 aliphatic rings. The highest BCUT2D eigenvalue weighted by molar-refractivity contribution is 6.30. The second-order valence-electron chi connectivity index (χ2n) is 5.69. The van der Waals surface area contributed by atoms with Gasteiger partial charge < -0.3 is 10.2 Å². The molecule has 6 heteroatoms. The lowest BCUT2D eigenvalue weighted by atomic mass is 10.0. The fraction of sp³-hybridized carbons (Fsp3) is 0.471. The highest BCUT2D eigenvalue weighted by Crippen LogP contribution is 2.15. The Morgan fingerprint density at radius 3 is 2.74 bits per heavy atom. The zero-order valence-corrected chi connectivity index (χ0v) is 13.7. The molecule has 122 valence electrons. The molecule has 1 aliphatic heterocycles. The number of nitriles is 1. The number of hydrogen-bond acceptors (Lipinski definition) is 3. The van der Waals surface area contributed by atoms with Crippen LogP contribution >= 0.6 is 11.6 Å². The van der Waals surface area contributed by atoms with Crippen molar-refractivity contribution in [1.29, 1.82) is 5.26 Å². The van der Waals surface area contributed by atoms with E-state index in [1.807, 2.05) is 35.2 Å². The zero-order chi connectivity index (χ0) is 16.7. The van der Waals surface area contributed by atoms with Crippen molar-refractivity contribution in [2.45, 2.75) is 38.1 Å². The number of halogens is 1. The summed E-state index contributed by atoms with van der Waals surface area (Å²) >= 11 is 5.94. The number of rotatable bonds is 5. The van der Waals surface area contributed by atoms with E-state index in [2.05, 4.69) is 5.32 Å². The van der Waals surface area contributed by atoms with Gasteiger partial charge in [0.2, 0.25) is 11.8 Å². The van der Waals surface area contributed by atoms with E-state index in [1.165, 1.54) is 0 Å². The maximum absolute atomic E-state index is 12.3. The second kappa shape index (κ2) is 8.54. The van der Waals surface area contributed by atoms with Gasteiger partial charge in [0.25, 0.3) is 0 Å². The van der Waals surface area contributed by atoms with Gasteiger partial charge >= 0.3 is 0 Å². The average Bonchev–Trinajstić information content (AvgIpc) is 2.53. The molecule has 23 heavy (non-hydrogen) atoms. The van der Waals surface area contributed by atoms with Crippen molar-refractivity contribution >= 4 is 23.4 Å². The lowest BCUT2D eigenvalue weighted by molar-refractivity contribution is -0.132. The second-order valence-corrected chi connectivity index (χ2v) is 6.12. The Bertz CT molecular complexity index is 604. The first-order chi connectivity index (χ1) is 11.1. The van der Waals surface area contributed by atoms with Crippen LogP contribution in [0, 0.1) is 11.3 Å². The molecule has 2 amide bonds. The molecule has 0 spiro atoms. The summed E-state index contributed by atoms with van der Waals surface area (Å²) < 4.78 is 0. The summed E-state index contributed by atoms with van der Waals surface area (Å²) in [7, 11) is 0. The molecular formula is C17H20ClN3O2. The van der Waals surface area contributed by atoms with Crippen molar-refractivity contribution in [2.75, 3.05) is 13.1 Å². The largest absolute Gasteiger partial charge is 0.352 e. The van der Waals surface area contributed by atoms with E-state index in [4.69, 9.17) is 16.9 Å². The molecule has 0 bridgehead atoms. The van der Waals surface area contributed by atoms with Gasteiger partial charge in [0.1, 0.15) is 6.42 Å². The maximum Gasteiger partial charge on any atom is 0.234 e. The Kier molecular flexibility index (Phi) is 6.42. The summed E-state index contributed by atoms with van der Waals surface area (Å²) in [6, 6.07) is 9.45. The Morgan fingerprint density at radius 2 is 2.09 bits per heavy atom. The summed E-state index contributed by atoms with van der Waals surface area (Å²) in [6.07, 6.45) is 2.50. The smallest absolute Gasteiger partial charge is 0.234 e. The molecule has 0 aromatic heterocycles. The highest BCUT2D eigenvalue weighted by atomic mass is 35.5. The van der Waals surface area contributed by atoms with Gasteiger partial charge in [-0.05, 0) is 37.0 Å². The van der Waals surface area contributed by atoms with Crippen LogP contribution in [0.3, 0.4) is 0 Å². The molecule has 1 saturated heterocycles. The molecule has 5 nitrogen and oxygen atoms in total. The monoisotopic (exact) mass is 333 g/mol. The van der Waals surface area contributed by atoms with Crippen LogP contribution in [0.4, 0.5) is 0 Å². The minimum atomic E-state index is -0.238. The summed E-state index contributed by atoms with van der Waals surface area (Å²) in [5, 5.41) is 12.0. The molecule has 1 heterocycles. The van der Waals surface area contributed by atoms with Gasteiger partial charge in [0, 0.05) is 30.6 Å². The molecule has 1 aromatic rings. The molecule has 0 unspecified atom stereocenters. The molecule has 1 fully saturated rings.